The molecule has 0 unspecified atom stereocenters. The van der Waals surface area contributed by atoms with Crippen LogP contribution in [-0.4, -0.2) is 22.6 Å². The Hall–Kier alpha value is -1.12. The van der Waals surface area contributed by atoms with Crippen molar-refractivity contribution in [1.29, 1.82) is 0 Å². The minimum Gasteiger partial charge on any atom is -0.338 e. The number of nitrogens with zero attached hydrogens (tertiary/aromatic N) is 3. The molecule has 3 heteroatoms. The first-order chi connectivity index (χ1) is 11.0. The second-order valence-electron chi connectivity index (χ2n) is 7.43. The molecule has 0 bridgehead atoms. The van der Waals surface area contributed by atoms with Crippen LogP contribution >= 0.6 is 0 Å². The minimum absolute atomic E-state index is 0.380. The first-order valence-corrected chi connectivity index (χ1v) is 9.54. The smallest absolute Gasteiger partial charge is 0.225 e. The highest BCUT2D eigenvalue weighted by Gasteiger charge is 2.22. The molecule has 3 nitrogen and oxygen atoms in total. The van der Waals surface area contributed by atoms with Gasteiger partial charge in [0.1, 0.15) is 0 Å². The second kappa shape index (κ2) is 9.89. The first-order valence-electron chi connectivity index (χ1n) is 9.54. The average Bonchev–Trinajstić information content (AvgIpc) is 2.57. The van der Waals surface area contributed by atoms with Crippen molar-refractivity contribution in [2.75, 3.05) is 11.4 Å². The zero-order chi connectivity index (χ0) is 17.3. The summed E-state index contributed by atoms with van der Waals surface area (Å²) >= 11 is 0. The third-order valence-electron chi connectivity index (χ3n) is 5.14. The fourth-order valence-electron chi connectivity index (χ4n) is 2.78. The van der Waals surface area contributed by atoms with E-state index >= 15 is 0 Å². The van der Waals surface area contributed by atoms with E-state index in [4.69, 9.17) is 9.97 Å². The van der Waals surface area contributed by atoms with Crippen molar-refractivity contribution in [2.45, 2.75) is 92.5 Å². The van der Waals surface area contributed by atoms with Crippen molar-refractivity contribution >= 4 is 5.95 Å². The highest BCUT2D eigenvalue weighted by molar-refractivity contribution is 5.31. The molecule has 0 aliphatic heterocycles. The standard InChI is InChI=1S/C20H37N3/c1-7-11-12-17-15-21-19(22-16-17)23(18(8-2)9-3)14-13-20(5,6)10-4/h15-16,18H,7-14H2,1-6H3. The Morgan fingerprint density at radius 1 is 1.04 bits per heavy atom. The van der Waals surface area contributed by atoms with Crippen molar-refractivity contribution in [3.8, 4) is 0 Å². The van der Waals surface area contributed by atoms with Gasteiger partial charge in [-0.3, -0.25) is 0 Å². The SMILES string of the molecule is CCCCc1cnc(N(CCC(C)(C)CC)C(CC)CC)nc1. The quantitative estimate of drug-likeness (QED) is 0.528. The van der Waals surface area contributed by atoms with E-state index in [1.165, 1.54) is 31.2 Å². The van der Waals surface area contributed by atoms with Gasteiger partial charge in [-0.05, 0) is 43.1 Å². The molecule has 0 aliphatic rings. The molecule has 1 heterocycles. The molecule has 0 radical (unpaired) electrons. The maximum atomic E-state index is 4.69. The van der Waals surface area contributed by atoms with E-state index in [9.17, 15) is 0 Å². The summed E-state index contributed by atoms with van der Waals surface area (Å²) < 4.78 is 0. The Bertz CT molecular complexity index is 421. The van der Waals surface area contributed by atoms with Crippen LogP contribution in [0.1, 0.15) is 85.6 Å². The van der Waals surface area contributed by atoms with Gasteiger partial charge < -0.3 is 4.90 Å². The summed E-state index contributed by atoms with van der Waals surface area (Å²) in [6, 6.07) is 0.532. The molecule has 0 saturated carbocycles. The summed E-state index contributed by atoms with van der Waals surface area (Å²) in [7, 11) is 0. The highest BCUT2D eigenvalue weighted by atomic mass is 15.3. The van der Waals surface area contributed by atoms with Gasteiger partial charge in [-0.25, -0.2) is 9.97 Å². The van der Waals surface area contributed by atoms with E-state index in [0.29, 0.717) is 11.5 Å². The Morgan fingerprint density at radius 3 is 2.13 bits per heavy atom. The molecule has 0 saturated heterocycles. The van der Waals surface area contributed by atoms with Gasteiger partial charge in [0.15, 0.2) is 0 Å². The van der Waals surface area contributed by atoms with Crippen molar-refractivity contribution in [2.24, 2.45) is 5.41 Å². The number of rotatable bonds is 11. The van der Waals surface area contributed by atoms with Crippen LogP contribution in [0.5, 0.6) is 0 Å². The second-order valence-corrected chi connectivity index (χ2v) is 7.43. The Morgan fingerprint density at radius 2 is 1.65 bits per heavy atom. The van der Waals surface area contributed by atoms with Crippen LogP contribution in [0.3, 0.4) is 0 Å². The molecular formula is C20H37N3. The zero-order valence-electron chi connectivity index (χ0n) is 16.2. The number of aryl methyl sites for hydroxylation is 1. The molecule has 1 aromatic rings. The number of unbranched alkanes of at least 4 members (excludes halogenated alkanes) is 1. The van der Waals surface area contributed by atoms with E-state index in [-0.39, 0.29) is 0 Å². The van der Waals surface area contributed by atoms with Gasteiger partial charge in [-0.2, -0.15) is 0 Å². The maximum Gasteiger partial charge on any atom is 0.225 e. The molecule has 0 fully saturated rings. The van der Waals surface area contributed by atoms with Crippen LogP contribution in [0.2, 0.25) is 0 Å². The number of hydrogen-bond acceptors (Lipinski definition) is 3. The van der Waals surface area contributed by atoms with E-state index in [1.54, 1.807) is 0 Å². The molecule has 0 aliphatic carbocycles. The fraction of sp³-hybridized carbons (Fsp3) is 0.800. The molecule has 23 heavy (non-hydrogen) atoms. The van der Waals surface area contributed by atoms with Crippen molar-refractivity contribution < 1.29 is 0 Å². The molecule has 0 N–H and O–H groups in total. The maximum absolute atomic E-state index is 4.69. The third kappa shape index (κ3) is 6.48. The topological polar surface area (TPSA) is 29.0 Å². The lowest BCUT2D eigenvalue weighted by molar-refractivity contribution is 0.317. The lowest BCUT2D eigenvalue weighted by Crippen LogP contribution is -2.38. The monoisotopic (exact) mass is 319 g/mol. The highest BCUT2D eigenvalue weighted by Crippen LogP contribution is 2.27. The summed E-state index contributed by atoms with van der Waals surface area (Å²) in [5.74, 6) is 0.908. The predicted octanol–water partition coefficient (Wildman–Crippen LogP) is 5.64. The van der Waals surface area contributed by atoms with E-state index < -0.39 is 0 Å². The zero-order valence-corrected chi connectivity index (χ0v) is 16.2. The normalized spacial score (nSPS) is 12.0. The Labute approximate surface area is 143 Å². The molecule has 0 atom stereocenters. The largest absolute Gasteiger partial charge is 0.338 e. The van der Waals surface area contributed by atoms with Gasteiger partial charge in [0.25, 0.3) is 0 Å². The summed E-state index contributed by atoms with van der Waals surface area (Å²) in [5, 5.41) is 0. The summed E-state index contributed by atoms with van der Waals surface area (Å²) in [6.45, 7) is 14.8. The lowest BCUT2D eigenvalue weighted by atomic mass is 9.86. The van der Waals surface area contributed by atoms with Crippen LogP contribution in [-0.2, 0) is 6.42 Å². The van der Waals surface area contributed by atoms with E-state index in [1.807, 2.05) is 12.4 Å². The molecule has 0 amide bonds. The third-order valence-corrected chi connectivity index (χ3v) is 5.14. The van der Waals surface area contributed by atoms with Crippen LogP contribution < -0.4 is 4.90 Å². The molecule has 0 aromatic carbocycles. The van der Waals surface area contributed by atoms with Crippen LogP contribution in [0.25, 0.3) is 0 Å². The fourth-order valence-corrected chi connectivity index (χ4v) is 2.78. The van der Waals surface area contributed by atoms with Crippen LogP contribution in [0, 0.1) is 5.41 Å². The van der Waals surface area contributed by atoms with Gasteiger partial charge in [0, 0.05) is 25.0 Å². The lowest BCUT2D eigenvalue weighted by Gasteiger charge is -2.34. The molecule has 1 rings (SSSR count). The van der Waals surface area contributed by atoms with E-state index in [2.05, 4.69) is 46.4 Å². The Kier molecular flexibility index (Phi) is 8.57. The Balaban J connectivity index is 2.86. The number of aromatic nitrogens is 2. The molecule has 0 spiro atoms. The first kappa shape index (κ1) is 19.9. The van der Waals surface area contributed by atoms with Crippen LogP contribution in [0.15, 0.2) is 12.4 Å². The van der Waals surface area contributed by atoms with Gasteiger partial charge >= 0.3 is 0 Å². The molecule has 132 valence electrons. The van der Waals surface area contributed by atoms with Crippen molar-refractivity contribution in [3.05, 3.63) is 18.0 Å². The minimum atomic E-state index is 0.380. The van der Waals surface area contributed by atoms with E-state index in [0.717, 1.165) is 31.8 Å². The summed E-state index contributed by atoms with van der Waals surface area (Å²) in [4.78, 5) is 11.8. The van der Waals surface area contributed by atoms with Crippen molar-refractivity contribution in [1.82, 2.24) is 9.97 Å². The van der Waals surface area contributed by atoms with Crippen LogP contribution in [0.4, 0.5) is 5.95 Å². The van der Waals surface area contributed by atoms with Gasteiger partial charge in [0.2, 0.25) is 5.95 Å². The van der Waals surface area contributed by atoms with Gasteiger partial charge in [-0.1, -0.05) is 54.4 Å². The molecular weight excluding hydrogens is 282 g/mol. The number of hydrogen-bond donors (Lipinski definition) is 0. The summed E-state index contributed by atoms with van der Waals surface area (Å²) in [5.41, 5.74) is 1.64. The van der Waals surface area contributed by atoms with Gasteiger partial charge in [0.05, 0.1) is 0 Å². The molecule has 1 aromatic heterocycles. The van der Waals surface area contributed by atoms with Crippen molar-refractivity contribution in [3.63, 3.8) is 0 Å². The summed E-state index contributed by atoms with van der Waals surface area (Å²) in [6.07, 6.45) is 12.2. The number of anilines is 1. The van der Waals surface area contributed by atoms with Gasteiger partial charge in [-0.15, -0.1) is 0 Å². The average molecular weight is 320 g/mol. The predicted molar refractivity (Wildman–Crippen MR) is 101 cm³/mol.